The molecule has 0 aliphatic heterocycles. The summed E-state index contributed by atoms with van der Waals surface area (Å²) in [6, 6.07) is 10.8. The van der Waals surface area contributed by atoms with E-state index in [9.17, 15) is 18.0 Å². The van der Waals surface area contributed by atoms with Crippen LogP contribution in [0.3, 0.4) is 0 Å². The van der Waals surface area contributed by atoms with Crippen molar-refractivity contribution in [3.63, 3.8) is 0 Å². The smallest absolute Gasteiger partial charge is 0.322 e. The Balaban J connectivity index is 2.04. The number of amides is 1. The average molecular weight is 459 g/mol. The first kappa shape index (κ1) is 19.4. The molecule has 0 radical (unpaired) electrons. The maximum absolute atomic E-state index is 13.7. The monoisotopic (exact) mass is 457 g/mol. The van der Waals surface area contributed by atoms with E-state index in [0.717, 1.165) is 10.7 Å². The standard InChI is InChI=1S/C18H12BrClF3N3O/c1-10-7-11(19)5-6-15(10)25-17(27)14-9-24-26(16(14)18(21,22)23)13-4-2-3-12(20)8-13/h2-9H,1H3,(H,25,27). The summed E-state index contributed by atoms with van der Waals surface area (Å²) >= 11 is 9.16. The van der Waals surface area contributed by atoms with Crippen LogP contribution in [0, 0.1) is 6.92 Å². The average Bonchev–Trinajstić information content (AvgIpc) is 3.03. The lowest BCUT2D eigenvalue weighted by Gasteiger charge is -2.13. The molecule has 0 atom stereocenters. The number of anilines is 1. The number of aromatic nitrogens is 2. The van der Waals surface area contributed by atoms with Crippen LogP contribution in [0.15, 0.2) is 53.1 Å². The van der Waals surface area contributed by atoms with Gasteiger partial charge in [0, 0.05) is 15.2 Å². The molecule has 0 aliphatic rings. The van der Waals surface area contributed by atoms with Gasteiger partial charge in [-0.2, -0.15) is 18.3 Å². The Bertz CT molecular complexity index is 1020. The second-order valence-electron chi connectivity index (χ2n) is 5.71. The van der Waals surface area contributed by atoms with Crippen molar-refractivity contribution in [2.24, 2.45) is 0 Å². The van der Waals surface area contributed by atoms with E-state index in [1.54, 1.807) is 25.1 Å². The van der Waals surface area contributed by atoms with Gasteiger partial charge in [0.1, 0.15) is 0 Å². The van der Waals surface area contributed by atoms with Gasteiger partial charge in [0.05, 0.1) is 17.4 Å². The summed E-state index contributed by atoms with van der Waals surface area (Å²) in [4.78, 5) is 12.5. The molecule has 0 saturated carbocycles. The fourth-order valence-electron chi connectivity index (χ4n) is 2.55. The minimum absolute atomic E-state index is 0.105. The zero-order chi connectivity index (χ0) is 19.8. The van der Waals surface area contributed by atoms with Crippen molar-refractivity contribution >= 4 is 39.1 Å². The highest BCUT2D eigenvalue weighted by atomic mass is 79.9. The molecule has 2 aromatic carbocycles. The van der Waals surface area contributed by atoms with Crippen LogP contribution >= 0.6 is 27.5 Å². The molecule has 9 heteroatoms. The van der Waals surface area contributed by atoms with E-state index in [0.29, 0.717) is 15.9 Å². The minimum atomic E-state index is -4.79. The van der Waals surface area contributed by atoms with E-state index in [4.69, 9.17) is 11.6 Å². The highest BCUT2D eigenvalue weighted by molar-refractivity contribution is 9.10. The molecule has 1 aromatic heterocycles. The number of hydrogen-bond acceptors (Lipinski definition) is 2. The predicted octanol–water partition coefficient (Wildman–Crippen LogP) is 5.87. The van der Waals surface area contributed by atoms with Crippen molar-refractivity contribution < 1.29 is 18.0 Å². The first-order chi connectivity index (χ1) is 12.7. The second-order valence-corrected chi connectivity index (χ2v) is 7.06. The molecule has 1 amide bonds. The molecule has 0 spiro atoms. The van der Waals surface area contributed by atoms with Gasteiger partial charge in [0.25, 0.3) is 5.91 Å². The first-order valence-electron chi connectivity index (χ1n) is 7.65. The summed E-state index contributed by atoms with van der Waals surface area (Å²) in [5, 5.41) is 6.52. The molecule has 3 rings (SSSR count). The van der Waals surface area contributed by atoms with Gasteiger partial charge < -0.3 is 5.32 Å². The number of alkyl halides is 3. The van der Waals surface area contributed by atoms with Crippen LogP contribution in [0.5, 0.6) is 0 Å². The van der Waals surface area contributed by atoms with Crippen LogP contribution in [0.4, 0.5) is 18.9 Å². The molecule has 4 nitrogen and oxygen atoms in total. The zero-order valence-corrected chi connectivity index (χ0v) is 16.2. The molecule has 0 unspecified atom stereocenters. The minimum Gasteiger partial charge on any atom is -0.322 e. The highest BCUT2D eigenvalue weighted by Gasteiger charge is 2.40. The third-order valence-corrected chi connectivity index (χ3v) is 4.50. The van der Waals surface area contributed by atoms with Crippen LogP contribution in [0.2, 0.25) is 5.02 Å². The maximum atomic E-state index is 13.7. The van der Waals surface area contributed by atoms with Gasteiger partial charge in [-0.05, 0) is 48.9 Å². The topological polar surface area (TPSA) is 46.9 Å². The molecule has 0 fully saturated rings. The number of rotatable bonds is 3. The lowest BCUT2D eigenvalue weighted by Crippen LogP contribution is -2.21. The van der Waals surface area contributed by atoms with E-state index >= 15 is 0 Å². The van der Waals surface area contributed by atoms with Crippen LogP contribution < -0.4 is 5.32 Å². The summed E-state index contributed by atoms with van der Waals surface area (Å²) in [5.74, 6) is -0.902. The quantitative estimate of drug-likeness (QED) is 0.534. The first-order valence-corrected chi connectivity index (χ1v) is 8.82. The van der Waals surface area contributed by atoms with Gasteiger partial charge in [0.15, 0.2) is 5.69 Å². The third-order valence-electron chi connectivity index (χ3n) is 3.77. The summed E-state index contributed by atoms with van der Waals surface area (Å²) in [6.45, 7) is 1.74. The number of aryl methyl sites for hydroxylation is 1. The molecule has 27 heavy (non-hydrogen) atoms. The highest BCUT2D eigenvalue weighted by Crippen LogP contribution is 2.34. The van der Waals surface area contributed by atoms with Crippen LogP contribution in [0.1, 0.15) is 21.6 Å². The Hall–Kier alpha value is -2.32. The Labute approximate surface area is 166 Å². The lowest BCUT2D eigenvalue weighted by atomic mass is 10.1. The Morgan fingerprint density at radius 1 is 1.22 bits per heavy atom. The second kappa shape index (κ2) is 7.36. The summed E-state index contributed by atoms with van der Waals surface area (Å²) in [7, 11) is 0. The lowest BCUT2D eigenvalue weighted by molar-refractivity contribution is -0.143. The van der Waals surface area contributed by atoms with E-state index in [1.807, 2.05) is 0 Å². The van der Waals surface area contributed by atoms with Crippen molar-refractivity contribution in [2.75, 3.05) is 5.32 Å². The van der Waals surface area contributed by atoms with Crippen molar-refractivity contribution in [1.29, 1.82) is 0 Å². The Morgan fingerprint density at radius 2 is 1.96 bits per heavy atom. The fraction of sp³-hybridized carbons (Fsp3) is 0.111. The van der Waals surface area contributed by atoms with Gasteiger partial charge in [-0.15, -0.1) is 0 Å². The van der Waals surface area contributed by atoms with Crippen molar-refractivity contribution in [3.8, 4) is 5.69 Å². The maximum Gasteiger partial charge on any atom is 0.434 e. The number of carbonyl (C=O) groups is 1. The van der Waals surface area contributed by atoms with Crippen molar-refractivity contribution in [3.05, 3.63) is 75.0 Å². The zero-order valence-electron chi connectivity index (χ0n) is 13.8. The van der Waals surface area contributed by atoms with E-state index in [2.05, 4.69) is 26.3 Å². The van der Waals surface area contributed by atoms with E-state index in [1.165, 1.54) is 24.3 Å². The summed E-state index contributed by atoms with van der Waals surface area (Å²) in [5.41, 5.74) is -0.532. The molecule has 0 saturated heterocycles. The number of nitrogens with zero attached hydrogens (tertiary/aromatic N) is 2. The molecule has 3 aromatic rings. The van der Waals surface area contributed by atoms with Crippen molar-refractivity contribution in [1.82, 2.24) is 9.78 Å². The summed E-state index contributed by atoms with van der Waals surface area (Å²) in [6.07, 6.45) is -3.90. The molecular formula is C18H12BrClF3N3O. The van der Waals surface area contributed by atoms with Gasteiger partial charge in [-0.3, -0.25) is 4.79 Å². The molecule has 1 N–H and O–H groups in total. The van der Waals surface area contributed by atoms with Crippen molar-refractivity contribution in [2.45, 2.75) is 13.1 Å². The number of nitrogens with one attached hydrogen (secondary N) is 1. The molecular weight excluding hydrogens is 447 g/mol. The largest absolute Gasteiger partial charge is 0.434 e. The van der Waals surface area contributed by atoms with Crippen LogP contribution in [0.25, 0.3) is 5.69 Å². The molecule has 140 valence electrons. The third kappa shape index (κ3) is 4.17. The van der Waals surface area contributed by atoms with Crippen LogP contribution in [-0.2, 0) is 6.18 Å². The Kier molecular flexibility index (Phi) is 5.30. The number of hydrogen-bond donors (Lipinski definition) is 1. The van der Waals surface area contributed by atoms with Gasteiger partial charge >= 0.3 is 6.18 Å². The SMILES string of the molecule is Cc1cc(Br)ccc1NC(=O)c1cnn(-c2cccc(Cl)c2)c1C(F)(F)F. The molecule has 0 bridgehead atoms. The summed E-state index contributed by atoms with van der Waals surface area (Å²) < 4.78 is 42.5. The van der Waals surface area contributed by atoms with Gasteiger partial charge in [-0.1, -0.05) is 33.6 Å². The number of carbonyl (C=O) groups excluding carboxylic acids is 1. The molecule has 1 heterocycles. The molecule has 0 aliphatic carbocycles. The fourth-order valence-corrected chi connectivity index (χ4v) is 3.21. The van der Waals surface area contributed by atoms with Gasteiger partial charge in [-0.25, -0.2) is 4.68 Å². The normalized spacial score (nSPS) is 11.5. The van der Waals surface area contributed by atoms with Gasteiger partial charge in [0.2, 0.25) is 0 Å². The number of benzene rings is 2. The van der Waals surface area contributed by atoms with Crippen LogP contribution in [-0.4, -0.2) is 15.7 Å². The predicted molar refractivity (Wildman–Crippen MR) is 100 cm³/mol. The Morgan fingerprint density at radius 3 is 2.59 bits per heavy atom. The number of halogens is 5. The van der Waals surface area contributed by atoms with E-state index in [-0.39, 0.29) is 10.7 Å². The van der Waals surface area contributed by atoms with E-state index < -0.39 is 23.3 Å².